The lowest BCUT2D eigenvalue weighted by Crippen LogP contribution is -2.45. The van der Waals surface area contributed by atoms with Gasteiger partial charge in [0.2, 0.25) is 5.91 Å². The van der Waals surface area contributed by atoms with Crippen LogP contribution >= 0.6 is 0 Å². The van der Waals surface area contributed by atoms with Gasteiger partial charge >= 0.3 is 0 Å². The van der Waals surface area contributed by atoms with E-state index in [4.69, 9.17) is 0 Å². The van der Waals surface area contributed by atoms with E-state index in [-0.39, 0.29) is 18.9 Å². The highest BCUT2D eigenvalue weighted by molar-refractivity contribution is 5.76. The molecule has 0 spiro atoms. The molecule has 4 N–H and O–H groups in total. The Morgan fingerprint density at radius 3 is 1.19 bits per heavy atom. The van der Waals surface area contributed by atoms with Crippen molar-refractivity contribution in [2.45, 2.75) is 289 Å². The first-order valence-electron chi connectivity index (χ1n) is 27.1. The summed E-state index contributed by atoms with van der Waals surface area (Å²) in [7, 11) is 0. The molecular weight excluding hydrogens is 763 g/mol. The molecule has 0 saturated carbocycles. The van der Waals surface area contributed by atoms with Crippen LogP contribution in [-0.4, -0.2) is 46.1 Å². The predicted molar refractivity (Wildman–Crippen MR) is 273 cm³/mol. The fraction of sp³-hybridized carbons (Fsp3) is 0.807. The third kappa shape index (κ3) is 47.5. The largest absolute Gasteiger partial charge is 0.394 e. The molecule has 0 fully saturated rings. The average Bonchev–Trinajstić information content (AvgIpc) is 3.27. The maximum Gasteiger partial charge on any atom is 0.222 e. The van der Waals surface area contributed by atoms with Gasteiger partial charge in [-0.1, -0.05) is 254 Å². The lowest BCUT2D eigenvalue weighted by Gasteiger charge is -2.21. The van der Waals surface area contributed by atoms with Crippen LogP contribution in [-0.2, 0) is 4.79 Å². The first-order chi connectivity index (χ1) is 30.5. The molecule has 1 amide bonds. The van der Waals surface area contributed by atoms with E-state index in [1.807, 2.05) is 6.08 Å². The molecule has 0 radical (unpaired) electrons. The van der Waals surface area contributed by atoms with E-state index in [1.165, 1.54) is 193 Å². The van der Waals surface area contributed by atoms with E-state index >= 15 is 0 Å². The molecule has 5 nitrogen and oxygen atoms in total. The van der Waals surface area contributed by atoms with Crippen LogP contribution in [0.2, 0.25) is 0 Å². The van der Waals surface area contributed by atoms with Crippen molar-refractivity contribution in [3.05, 3.63) is 60.8 Å². The normalized spacial score (nSPS) is 13.8. The molecule has 0 aliphatic carbocycles. The molecular formula is C57H105NO4. The lowest BCUT2D eigenvalue weighted by molar-refractivity contribution is -0.124. The SMILES string of the molecule is CC/C=C/CC/C=C/CC/C=C/C(O)C(CO)NC(=O)CC(O)CCCCCCCCCCCCCCCCC/C=C\C/C=C\CCCCCCCCCCCCCCCCC. The number of aliphatic hydroxyl groups is 3. The molecule has 0 bridgehead atoms. The molecule has 3 unspecified atom stereocenters. The van der Waals surface area contributed by atoms with Gasteiger partial charge in [-0.2, -0.15) is 0 Å². The summed E-state index contributed by atoms with van der Waals surface area (Å²) in [6.45, 7) is 4.08. The number of nitrogens with one attached hydrogen (secondary N) is 1. The van der Waals surface area contributed by atoms with E-state index in [1.54, 1.807) is 6.08 Å². The van der Waals surface area contributed by atoms with Crippen molar-refractivity contribution in [3.63, 3.8) is 0 Å². The van der Waals surface area contributed by atoms with E-state index in [0.29, 0.717) is 6.42 Å². The van der Waals surface area contributed by atoms with Gasteiger partial charge in [0, 0.05) is 0 Å². The van der Waals surface area contributed by atoms with Crippen LogP contribution < -0.4 is 5.32 Å². The van der Waals surface area contributed by atoms with Crippen LogP contribution in [0.3, 0.4) is 0 Å². The van der Waals surface area contributed by atoms with Crippen molar-refractivity contribution in [1.29, 1.82) is 0 Å². The van der Waals surface area contributed by atoms with Crippen molar-refractivity contribution in [2.24, 2.45) is 0 Å². The maximum absolute atomic E-state index is 12.4. The number of carbonyl (C=O) groups is 1. The Labute approximate surface area is 386 Å². The van der Waals surface area contributed by atoms with E-state index in [0.717, 1.165) is 51.4 Å². The minimum atomic E-state index is -0.960. The molecule has 0 saturated heterocycles. The zero-order chi connectivity index (χ0) is 45.1. The molecule has 0 aliphatic heterocycles. The molecule has 62 heavy (non-hydrogen) atoms. The minimum absolute atomic E-state index is 0.000638. The lowest BCUT2D eigenvalue weighted by atomic mass is 10.0. The van der Waals surface area contributed by atoms with Gasteiger partial charge in [-0.05, 0) is 70.6 Å². The van der Waals surface area contributed by atoms with Crippen molar-refractivity contribution in [2.75, 3.05) is 6.61 Å². The first-order valence-corrected chi connectivity index (χ1v) is 27.1. The van der Waals surface area contributed by atoms with Gasteiger partial charge in [0.25, 0.3) is 0 Å². The second-order valence-corrected chi connectivity index (χ2v) is 18.4. The topological polar surface area (TPSA) is 89.8 Å². The predicted octanol–water partition coefficient (Wildman–Crippen LogP) is 16.6. The van der Waals surface area contributed by atoms with Gasteiger partial charge in [0.1, 0.15) is 0 Å². The molecule has 0 heterocycles. The van der Waals surface area contributed by atoms with E-state index in [9.17, 15) is 20.1 Å². The van der Waals surface area contributed by atoms with Gasteiger partial charge < -0.3 is 20.6 Å². The van der Waals surface area contributed by atoms with E-state index < -0.39 is 18.2 Å². The quantitative estimate of drug-likeness (QED) is 0.0362. The second kappa shape index (κ2) is 51.7. The van der Waals surface area contributed by atoms with Crippen LogP contribution in [0.25, 0.3) is 0 Å². The van der Waals surface area contributed by atoms with Crippen LogP contribution in [0.1, 0.15) is 271 Å². The van der Waals surface area contributed by atoms with Crippen LogP contribution in [0.15, 0.2) is 60.8 Å². The Morgan fingerprint density at radius 1 is 0.435 bits per heavy atom. The fourth-order valence-electron chi connectivity index (χ4n) is 8.18. The third-order valence-corrected chi connectivity index (χ3v) is 12.3. The summed E-state index contributed by atoms with van der Waals surface area (Å²) < 4.78 is 0. The number of carbonyl (C=O) groups excluding carboxylic acids is 1. The summed E-state index contributed by atoms with van der Waals surface area (Å²) in [5, 5.41) is 33.1. The smallest absolute Gasteiger partial charge is 0.222 e. The van der Waals surface area contributed by atoms with Crippen molar-refractivity contribution in [3.8, 4) is 0 Å². The first kappa shape index (κ1) is 60.1. The van der Waals surface area contributed by atoms with Crippen LogP contribution in [0.5, 0.6) is 0 Å². The summed E-state index contributed by atoms with van der Waals surface area (Å²) >= 11 is 0. The minimum Gasteiger partial charge on any atom is -0.394 e. The monoisotopic (exact) mass is 868 g/mol. The summed E-state index contributed by atoms with van der Waals surface area (Å²) in [5.41, 5.74) is 0. The summed E-state index contributed by atoms with van der Waals surface area (Å²) in [6.07, 6.45) is 70.1. The number of unbranched alkanes of at least 4 members (excludes halogenated alkanes) is 32. The fourth-order valence-corrected chi connectivity index (χ4v) is 8.18. The highest BCUT2D eigenvalue weighted by atomic mass is 16.3. The van der Waals surface area contributed by atoms with Gasteiger partial charge in [-0.15, -0.1) is 0 Å². The Hall–Kier alpha value is -1.95. The molecule has 0 aliphatic rings. The Kier molecular flexibility index (Phi) is 50.1. The maximum atomic E-state index is 12.4. The highest BCUT2D eigenvalue weighted by Crippen LogP contribution is 2.17. The zero-order valence-electron chi connectivity index (χ0n) is 41.2. The van der Waals surface area contributed by atoms with E-state index in [2.05, 4.69) is 67.8 Å². The Bertz CT molecular complexity index is 1050. The molecule has 0 aromatic heterocycles. The molecule has 0 aromatic carbocycles. The number of aliphatic hydroxyl groups excluding tert-OH is 3. The van der Waals surface area contributed by atoms with Crippen LogP contribution in [0.4, 0.5) is 0 Å². The number of hydrogen-bond acceptors (Lipinski definition) is 4. The van der Waals surface area contributed by atoms with Crippen molar-refractivity contribution < 1.29 is 20.1 Å². The molecule has 0 aromatic rings. The Morgan fingerprint density at radius 2 is 0.790 bits per heavy atom. The van der Waals surface area contributed by atoms with Crippen LogP contribution in [0, 0.1) is 0 Å². The Balaban J connectivity index is 3.48. The number of hydrogen-bond donors (Lipinski definition) is 4. The average molecular weight is 868 g/mol. The number of allylic oxidation sites excluding steroid dienone is 9. The zero-order valence-corrected chi connectivity index (χ0v) is 41.2. The third-order valence-electron chi connectivity index (χ3n) is 12.3. The molecule has 5 heteroatoms. The molecule has 3 atom stereocenters. The van der Waals surface area contributed by atoms with Gasteiger partial charge in [-0.25, -0.2) is 0 Å². The van der Waals surface area contributed by atoms with Crippen molar-refractivity contribution in [1.82, 2.24) is 5.32 Å². The number of amides is 1. The van der Waals surface area contributed by atoms with Gasteiger partial charge in [0.05, 0.1) is 31.3 Å². The van der Waals surface area contributed by atoms with Gasteiger partial charge in [-0.3, -0.25) is 4.79 Å². The van der Waals surface area contributed by atoms with Crippen molar-refractivity contribution >= 4 is 5.91 Å². The summed E-state index contributed by atoms with van der Waals surface area (Å²) in [4.78, 5) is 12.4. The summed E-state index contributed by atoms with van der Waals surface area (Å²) in [6, 6.07) is -0.768. The highest BCUT2D eigenvalue weighted by Gasteiger charge is 2.20. The van der Waals surface area contributed by atoms with Gasteiger partial charge in [0.15, 0.2) is 0 Å². The molecule has 362 valence electrons. The second-order valence-electron chi connectivity index (χ2n) is 18.4. The summed E-state index contributed by atoms with van der Waals surface area (Å²) in [5.74, 6) is -0.332. The molecule has 0 rings (SSSR count). The standard InChI is InChI=1S/C57H105NO4/c1-3-5-7-9-11-13-15-16-17-18-19-20-21-22-23-24-25-26-27-28-29-30-31-32-33-34-35-36-37-38-39-40-41-42-44-46-48-50-54(60)52-57(62)58-55(53-59)56(61)51-49-47-45-43-14-12-10-8-6-4-2/h6,8,14,25-26,28-29,43,49,51,54-56,59-61H,3-5,7,9-13,15-24,27,30-42,44-48,50,52-53H2,1-2H3,(H,58,62)/b8-6+,26-25-,29-28-,43-14+,51-49+. The number of rotatable bonds is 49.